The van der Waals surface area contributed by atoms with Crippen molar-refractivity contribution in [3.05, 3.63) is 62.6 Å². The van der Waals surface area contributed by atoms with Crippen molar-refractivity contribution in [3.63, 3.8) is 0 Å². The zero-order valence-electron chi connectivity index (χ0n) is 10.00. The van der Waals surface area contributed by atoms with Crippen LogP contribution in [-0.4, -0.2) is 6.61 Å². The maximum atomic E-state index is 6.35. The molecule has 1 aliphatic heterocycles. The molecule has 0 bridgehead atoms. The summed E-state index contributed by atoms with van der Waals surface area (Å²) in [6, 6.07) is 12.3. The summed E-state index contributed by atoms with van der Waals surface area (Å²) in [5, 5.41) is 0.751. The Labute approximate surface area is 134 Å². The summed E-state index contributed by atoms with van der Waals surface area (Å²) >= 11 is 13.6. The van der Waals surface area contributed by atoms with Crippen molar-refractivity contribution in [2.45, 2.75) is 11.2 Å². The van der Waals surface area contributed by atoms with E-state index < -0.39 is 0 Å². The molecular weight excluding hydrogens is 391 g/mol. The lowest BCUT2D eigenvalue weighted by atomic mass is 10.0. The minimum Gasteiger partial charge on any atom is -0.493 e. The van der Waals surface area contributed by atoms with Crippen LogP contribution in [-0.2, 0) is 6.42 Å². The molecular formula is C15H11Br2ClO. The largest absolute Gasteiger partial charge is 0.493 e. The predicted octanol–water partition coefficient (Wildman–Crippen LogP) is 5.52. The molecule has 19 heavy (non-hydrogen) atoms. The second kappa shape index (κ2) is 5.47. The maximum absolute atomic E-state index is 6.35. The minimum atomic E-state index is 0.0865. The number of ether oxygens (including phenoxy) is 1. The van der Waals surface area contributed by atoms with E-state index in [2.05, 4.69) is 44.0 Å². The van der Waals surface area contributed by atoms with Crippen LogP contribution >= 0.6 is 43.5 Å². The van der Waals surface area contributed by atoms with Crippen molar-refractivity contribution in [3.8, 4) is 5.75 Å². The fraction of sp³-hybridized carbons (Fsp3) is 0.200. The topological polar surface area (TPSA) is 9.23 Å². The number of rotatable bonds is 2. The van der Waals surface area contributed by atoms with Crippen molar-refractivity contribution in [2.24, 2.45) is 0 Å². The van der Waals surface area contributed by atoms with Gasteiger partial charge in [0, 0.05) is 10.9 Å². The van der Waals surface area contributed by atoms with E-state index >= 15 is 0 Å². The second-order valence-corrected chi connectivity index (χ2v) is 6.62. The van der Waals surface area contributed by atoms with Crippen LogP contribution in [0.2, 0.25) is 5.02 Å². The first-order chi connectivity index (χ1) is 9.16. The quantitative estimate of drug-likeness (QED) is 0.601. The molecule has 0 fully saturated rings. The monoisotopic (exact) mass is 400 g/mol. The SMILES string of the molecule is Clc1c(Br)cccc1C(Br)c1ccc2c(c1)CCO2. The van der Waals surface area contributed by atoms with Crippen LogP contribution in [0.1, 0.15) is 21.5 Å². The molecule has 1 nitrogen and oxygen atoms in total. The number of hydrogen-bond acceptors (Lipinski definition) is 1. The third-order valence-electron chi connectivity index (χ3n) is 3.26. The highest BCUT2D eigenvalue weighted by molar-refractivity contribution is 9.10. The molecule has 0 saturated heterocycles. The molecule has 0 saturated carbocycles. The van der Waals surface area contributed by atoms with Gasteiger partial charge < -0.3 is 4.74 Å². The molecule has 1 heterocycles. The van der Waals surface area contributed by atoms with Crippen molar-refractivity contribution >= 4 is 43.5 Å². The zero-order chi connectivity index (χ0) is 13.4. The Morgan fingerprint density at radius 1 is 1.21 bits per heavy atom. The van der Waals surface area contributed by atoms with Gasteiger partial charge in [-0.1, -0.05) is 51.8 Å². The van der Waals surface area contributed by atoms with Gasteiger partial charge in [0.2, 0.25) is 0 Å². The van der Waals surface area contributed by atoms with Crippen molar-refractivity contribution in [1.82, 2.24) is 0 Å². The van der Waals surface area contributed by atoms with Gasteiger partial charge in [0.15, 0.2) is 0 Å². The fourth-order valence-electron chi connectivity index (χ4n) is 2.26. The van der Waals surface area contributed by atoms with Crippen LogP contribution in [0.15, 0.2) is 40.9 Å². The highest BCUT2D eigenvalue weighted by Crippen LogP contribution is 2.40. The highest BCUT2D eigenvalue weighted by Gasteiger charge is 2.18. The Morgan fingerprint density at radius 3 is 2.89 bits per heavy atom. The van der Waals surface area contributed by atoms with Crippen LogP contribution in [0.25, 0.3) is 0 Å². The van der Waals surface area contributed by atoms with E-state index in [1.54, 1.807) is 0 Å². The summed E-state index contributed by atoms with van der Waals surface area (Å²) in [5.74, 6) is 1.00. The molecule has 1 aliphatic rings. The maximum Gasteiger partial charge on any atom is 0.122 e. The molecule has 4 heteroatoms. The molecule has 0 amide bonds. The summed E-state index contributed by atoms with van der Waals surface area (Å²) in [5.41, 5.74) is 3.53. The first-order valence-corrected chi connectivity index (χ1v) is 8.09. The lowest BCUT2D eigenvalue weighted by Gasteiger charge is -2.14. The molecule has 0 aliphatic carbocycles. The Balaban J connectivity index is 2.00. The molecule has 0 aromatic heterocycles. The van der Waals surface area contributed by atoms with Gasteiger partial charge in [0.05, 0.1) is 16.5 Å². The van der Waals surface area contributed by atoms with E-state index in [1.165, 1.54) is 11.1 Å². The van der Waals surface area contributed by atoms with Gasteiger partial charge in [-0.2, -0.15) is 0 Å². The van der Waals surface area contributed by atoms with E-state index in [9.17, 15) is 0 Å². The normalized spacial score (nSPS) is 14.9. The number of halogens is 3. The predicted molar refractivity (Wildman–Crippen MR) is 85.6 cm³/mol. The average molecular weight is 403 g/mol. The number of hydrogen-bond donors (Lipinski definition) is 0. The lowest BCUT2D eigenvalue weighted by Crippen LogP contribution is -1.95. The molecule has 0 spiro atoms. The zero-order valence-corrected chi connectivity index (χ0v) is 13.9. The molecule has 2 aromatic carbocycles. The van der Waals surface area contributed by atoms with Crippen LogP contribution in [0.3, 0.4) is 0 Å². The fourth-order valence-corrected chi connectivity index (χ4v) is 3.67. The van der Waals surface area contributed by atoms with Crippen molar-refractivity contribution in [2.75, 3.05) is 6.61 Å². The first-order valence-electron chi connectivity index (χ1n) is 6.00. The second-order valence-electron chi connectivity index (χ2n) is 4.47. The molecule has 0 radical (unpaired) electrons. The van der Waals surface area contributed by atoms with Crippen LogP contribution in [0, 0.1) is 0 Å². The Hall–Kier alpha value is -0.510. The Kier molecular flexibility index (Phi) is 3.88. The molecule has 1 unspecified atom stereocenters. The summed E-state index contributed by atoms with van der Waals surface area (Å²) in [6.45, 7) is 0.781. The van der Waals surface area contributed by atoms with Crippen LogP contribution in [0.4, 0.5) is 0 Å². The number of benzene rings is 2. The third-order valence-corrected chi connectivity index (χ3v) is 5.59. The van der Waals surface area contributed by atoms with Crippen molar-refractivity contribution in [1.29, 1.82) is 0 Å². The van der Waals surface area contributed by atoms with E-state index in [4.69, 9.17) is 16.3 Å². The standard InChI is InChI=1S/C15H11Br2ClO/c16-12-3-1-2-11(15(12)18)14(17)10-4-5-13-9(8-10)6-7-19-13/h1-5,8,14H,6-7H2. The van der Waals surface area contributed by atoms with Crippen LogP contribution < -0.4 is 4.74 Å². The highest BCUT2D eigenvalue weighted by atomic mass is 79.9. The third kappa shape index (κ3) is 2.56. The average Bonchev–Trinajstić information content (AvgIpc) is 2.88. The smallest absolute Gasteiger partial charge is 0.122 e. The number of fused-ring (bicyclic) bond motifs is 1. The number of alkyl halides is 1. The minimum absolute atomic E-state index is 0.0865. The van der Waals surface area contributed by atoms with Crippen LogP contribution in [0.5, 0.6) is 5.75 Å². The summed E-state index contributed by atoms with van der Waals surface area (Å²) in [6.07, 6.45) is 0.981. The van der Waals surface area contributed by atoms with Gasteiger partial charge in [0.25, 0.3) is 0 Å². The lowest BCUT2D eigenvalue weighted by molar-refractivity contribution is 0.357. The molecule has 2 aromatic rings. The summed E-state index contributed by atoms with van der Waals surface area (Å²) in [7, 11) is 0. The van der Waals surface area contributed by atoms with Gasteiger partial charge in [-0.15, -0.1) is 0 Å². The first kappa shape index (κ1) is 13.5. The van der Waals surface area contributed by atoms with Gasteiger partial charge in [-0.05, 0) is 44.8 Å². The molecule has 1 atom stereocenters. The Morgan fingerprint density at radius 2 is 2.05 bits per heavy atom. The van der Waals surface area contributed by atoms with Gasteiger partial charge in [0.1, 0.15) is 5.75 Å². The van der Waals surface area contributed by atoms with Gasteiger partial charge in [-0.25, -0.2) is 0 Å². The van der Waals surface area contributed by atoms with Crippen molar-refractivity contribution < 1.29 is 4.74 Å². The van der Waals surface area contributed by atoms with E-state index in [1.807, 2.05) is 24.3 Å². The van der Waals surface area contributed by atoms with E-state index in [0.717, 1.165) is 33.8 Å². The van der Waals surface area contributed by atoms with Gasteiger partial charge in [-0.3, -0.25) is 0 Å². The van der Waals surface area contributed by atoms with E-state index in [0.29, 0.717) is 0 Å². The summed E-state index contributed by atoms with van der Waals surface area (Å²) < 4.78 is 6.45. The molecule has 98 valence electrons. The van der Waals surface area contributed by atoms with E-state index in [-0.39, 0.29) is 4.83 Å². The van der Waals surface area contributed by atoms with Gasteiger partial charge >= 0.3 is 0 Å². The Bertz CT molecular complexity index is 628. The molecule has 3 rings (SSSR count). The summed E-state index contributed by atoms with van der Waals surface area (Å²) in [4.78, 5) is 0.0865. The molecule has 0 N–H and O–H groups in total.